The van der Waals surface area contributed by atoms with E-state index in [9.17, 15) is 0 Å². The maximum Gasteiger partial charge on any atom is 0.205 e. The van der Waals surface area contributed by atoms with E-state index in [2.05, 4.69) is 15.2 Å². The summed E-state index contributed by atoms with van der Waals surface area (Å²) >= 11 is 14.0. The summed E-state index contributed by atoms with van der Waals surface area (Å²) in [5, 5.41) is 10.6. The summed E-state index contributed by atoms with van der Waals surface area (Å²) in [5.74, 6) is 2.69. The van der Waals surface area contributed by atoms with Crippen molar-refractivity contribution in [3.63, 3.8) is 0 Å². The van der Waals surface area contributed by atoms with E-state index in [-0.39, 0.29) is 0 Å². The van der Waals surface area contributed by atoms with Crippen LogP contribution in [0.3, 0.4) is 0 Å². The fraction of sp³-hybridized carbons (Fsp3) is 0.150. The molecule has 0 radical (unpaired) electrons. The van der Waals surface area contributed by atoms with Crippen LogP contribution in [-0.4, -0.2) is 19.7 Å². The lowest BCUT2D eigenvalue weighted by Crippen LogP contribution is -2.00. The van der Waals surface area contributed by atoms with Crippen molar-refractivity contribution in [3.05, 3.63) is 75.9 Å². The number of aromatic nitrogens is 4. The molecule has 0 amide bonds. The van der Waals surface area contributed by atoms with E-state index in [1.54, 1.807) is 12.1 Å². The number of oxazole rings is 1. The molecule has 0 bridgehead atoms. The number of aryl methyl sites for hydroxylation is 2. The highest BCUT2D eigenvalue weighted by Crippen LogP contribution is 2.34. The smallest absolute Gasteiger partial charge is 0.205 e. The first-order valence-corrected chi connectivity index (χ1v) is 10.3. The van der Waals surface area contributed by atoms with Gasteiger partial charge in [0.2, 0.25) is 5.89 Å². The minimum absolute atomic E-state index is 0.521. The van der Waals surface area contributed by atoms with Gasteiger partial charge in [0.05, 0.1) is 16.5 Å². The molecule has 4 aromatic rings. The lowest BCUT2D eigenvalue weighted by molar-refractivity contribution is 0.489. The van der Waals surface area contributed by atoms with Gasteiger partial charge in [0, 0.05) is 16.3 Å². The van der Waals surface area contributed by atoms with Gasteiger partial charge >= 0.3 is 0 Å². The highest BCUT2D eigenvalue weighted by molar-refractivity contribution is 7.98. The molecule has 0 aliphatic carbocycles. The monoisotopic (exact) mass is 430 g/mol. The van der Waals surface area contributed by atoms with Crippen molar-refractivity contribution in [2.24, 2.45) is 0 Å². The Morgan fingerprint density at radius 2 is 1.82 bits per heavy atom. The van der Waals surface area contributed by atoms with E-state index in [1.165, 1.54) is 11.8 Å². The third-order valence-electron chi connectivity index (χ3n) is 4.22. The summed E-state index contributed by atoms with van der Waals surface area (Å²) in [6.45, 7) is 3.84. The molecule has 8 heteroatoms. The molecule has 2 aromatic carbocycles. The van der Waals surface area contributed by atoms with Gasteiger partial charge in [-0.3, -0.25) is 4.57 Å². The first-order chi connectivity index (χ1) is 13.5. The Hall–Kier alpha value is -2.28. The van der Waals surface area contributed by atoms with Crippen LogP contribution in [0, 0.1) is 13.8 Å². The zero-order valence-electron chi connectivity index (χ0n) is 15.2. The van der Waals surface area contributed by atoms with Gasteiger partial charge in [0.25, 0.3) is 0 Å². The van der Waals surface area contributed by atoms with Crippen LogP contribution in [0.4, 0.5) is 0 Å². The largest absolute Gasteiger partial charge is 0.445 e. The van der Waals surface area contributed by atoms with Crippen LogP contribution in [0.25, 0.3) is 17.1 Å². The maximum absolute atomic E-state index is 6.43. The molecule has 0 aliphatic rings. The molecule has 0 saturated heterocycles. The van der Waals surface area contributed by atoms with E-state index < -0.39 is 0 Å². The van der Waals surface area contributed by atoms with Crippen molar-refractivity contribution in [2.75, 3.05) is 0 Å². The van der Waals surface area contributed by atoms with Gasteiger partial charge in [-0.2, -0.15) is 0 Å². The van der Waals surface area contributed by atoms with Crippen LogP contribution < -0.4 is 0 Å². The SMILES string of the molecule is Cc1nc(CSc2nnc(-c3ccc(Cl)cc3Cl)n2-c2ccccc2)oc1C. The number of halogens is 2. The molecular formula is C20H16Cl2N4OS. The van der Waals surface area contributed by atoms with Crippen LogP contribution in [0.1, 0.15) is 17.3 Å². The first kappa shape index (κ1) is 19.1. The van der Waals surface area contributed by atoms with Crippen molar-refractivity contribution in [1.82, 2.24) is 19.7 Å². The van der Waals surface area contributed by atoms with Crippen LogP contribution in [0.5, 0.6) is 0 Å². The predicted molar refractivity (Wildman–Crippen MR) is 112 cm³/mol. The van der Waals surface area contributed by atoms with Gasteiger partial charge in [-0.05, 0) is 44.2 Å². The van der Waals surface area contributed by atoms with Gasteiger partial charge in [-0.25, -0.2) is 4.98 Å². The van der Waals surface area contributed by atoms with E-state index in [4.69, 9.17) is 27.6 Å². The van der Waals surface area contributed by atoms with E-state index in [0.717, 1.165) is 27.9 Å². The Balaban J connectivity index is 1.75. The molecule has 2 aromatic heterocycles. The number of nitrogens with zero attached hydrogens (tertiary/aromatic N) is 4. The lowest BCUT2D eigenvalue weighted by Gasteiger charge is -2.11. The van der Waals surface area contributed by atoms with Crippen molar-refractivity contribution in [3.8, 4) is 17.1 Å². The second kappa shape index (κ2) is 7.99. The number of para-hydroxylation sites is 1. The van der Waals surface area contributed by atoms with Gasteiger partial charge < -0.3 is 4.42 Å². The van der Waals surface area contributed by atoms with Gasteiger partial charge in [0.15, 0.2) is 11.0 Å². The summed E-state index contributed by atoms with van der Waals surface area (Å²) in [7, 11) is 0. The summed E-state index contributed by atoms with van der Waals surface area (Å²) in [4.78, 5) is 4.44. The summed E-state index contributed by atoms with van der Waals surface area (Å²) in [6, 6.07) is 15.2. The Kier molecular flexibility index (Phi) is 5.44. The molecule has 5 nitrogen and oxygen atoms in total. The lowest BCUT2D eigenvalue weighted by atomic mass is 10.2. The zero-order chi connectivity index (χ0) is 19.7. The molecule has 0 N–H and O–H groups in total. The Morgan fingerprint density at radius 1 is 1.04 bits per heavy atom. The first-order valence-electron chi connectivity index (χ1n) is 8.55. The van der Waals surface area contributed by atoms with Crippen molar-refractivity contribution < 1.29 is 4.42 Å². The molecule has 0 aliphatic heterocycles. The Bertz CT molecular complexity index is 1110. The van der Waals surface area contributed by atoms with Gasteiger partial charge in [-0.15, -0.1) is 10.2 Å². The summed E-state index contributed by atoms with van der Waals surface area (Å²) in [5.41, 5.74) is 2.60. The number of benzene rings is 2. The van der Waals surface area contributed by atoms with Crippen LogP contribution in [0.15, 0.2) is 58.1 Å². The number of hydrogen-bond donors (Lipinski definition) is 0. The van der Waals surface area contributed by atoms with Gasteiger partial charge in [0.1, 0.15) is 5.76 Å². The van der Waals surface area contributed by atoms with E-state index in [0.29, 0.717) is 27.5 Å². The molecule has 4 rings (SSSR count). The number of rotatable bonds is 5. The Labute approximate surface area is 176 Å². The second-order valence-corrected chi connectivity index (χ2v) is 7.93. The highest BCUT2D eigenvalue weighted by atomic mass is 35.5. The van der Waals surface area contributed by atoms with Crippen LogP contribution in [-0.2, 0) is 5.75 Å². The minimum Gasteiger partial charge on any atom is -0.445 e. The molecular weight excluding hydrogens is 415 g/mol. The average Bonchev–Trinajstić information content (AvgIpc) is 3.24. The third kappa shape index (κ3) is 3.81. The molecule has 0 spiro atoms. The van der Waals surface area contributed by atoms with Crippen LogP contribution in [0.2, 0.25) is 10.0 Å². The van der Waals surface area contributed by atoms with E-state index >= 15 is 0 Å². The molecule has 0 unspecified atom stereocenters. The maximum atomic E-state index is 6.43. The quantitative estimate of drug-likeness (QED) is 0.356. The minimum atomic E-state index is 0.521. The average molecular weight is 431 g/mol. The van der Waals surface area contributed by atoms with Gasteiger partial charge in [-0.1, -0.05) is 53.2 Å². The molecule has 28 heavy (non-hydrogen) atoms. The van der Waals surface area contributed by atoms with Crippen molar-refractivity contribution >= 4 is 35.0 Å². The summed E-state index contributed by atoms with van der Waals surface area (Å²) in [6.07, 6.45) is 0. The van der Waals surface area contributed by atoms with E-state index in [1.807, 2.05) is 54.8 Å². The summed E-state index contributed by atoms with van der Waals surface area (Å²) < 4.78 is 7.65. The van der Waals surface area contributed by atoms with Crippen LogP contribution >= 0.6 is 35.0 Å². The number of hydrogen-bond acceptors (Lipinski definition) is 5. The molecule has 2 heterocycles. The number of thioether (sulfide) groups is 1. The fourth-order valence-corrected chi connectivity index (χ4v) is 4.03. The predicted octanol–water partition coefficient (Wildman–Crippen LogP) is 6.14. The molecule has 0 fully saturated rings. The second-order valence-electron chi connectivity index (χ2n) is 6.14. The normalized spacial score (nSPS) is 11.1. The zero-order valence-corrected chi connectivity index (χ0v) is 17.5. The third-order valence-corrected chi connectivity index (χ3v) is 5.68. The van der Waals surface area contributed by atoms with Crippen molar-refractivity contribution in [2.45, 2.75) is 24.8 Å². The van der Waals surface area contributed by atoms with Crippen molar-refractivity contribution in [1.29, 1.82) is 0 Å². The fourth-order valence-electron chi connectivity index (χ4n) is 2.75. The standard InChI is InChI=1S/C20H16Cl2N4OS/c1-12-13(2)27-18(23-12)11-28-20-25-24-19(16-9-8-14(21)10-17(16)22)26(20)15-6-4-3-5-7-15/h3-10H,11H2,1-2H3. The molecule has 142 valence electrons. The molecule has 0 atom stereocenters. The Morgan fingerprint density at radius 3 is 2.50 bits per heavy atom. The molecule has 0 saturated carbocycles. The highest BCUT2D eigenvalue weighted by Gasteiger charge is 2.19. The topological polar surface area (TPSA) is 56.7 Å².